The van der Waals surface area contributed by atoms with E-state index in [1.54, 1.807) is 0 Å². The molecule has 30 heavy (non-hydrogen) atoms. The minimum atomic E-state index is -4.75. The van der Waals surface area contributed by atoms with E-state index in [-0.39, 0.29) is 16.4 Å². The zero-order chi connectivity index (χ0) is 22.3. The van der Waals surface area contributed by atoms with E-state index in [4.69, 9.17) is 5.11 Å². The standard InChI is InChI=1S/C16H10F3N3O6S2/c17-16(18,19)7-2-1-3-8(6-7)30(27,28)22-9-4-5-29-12(9)13-20-10(15(25)26)11(23)14(24)21-13/h1-6,22-23H,(H,25,26)(H,20,21,24). The van der Waals surface area contributed by atoms with Crippen LogP contribution in [0.1, 0.15) is 16.1 Å². The number of hydrogen-bond acceptors (Lipinski definition) is 7. The number of aromatic amines is 1. The zero-order valence-corrected chi connectivity index (χ0v) is 16.0. The molecule has 158 valence electrons. The number of sulfonamides is 1. The number of halogens is 3. The van der Waals surface area contributed by atoms with Gasteiger partial charge < -0.3 is 15.2 Å². The van der Waals surface area contributed by atoms with E-state index < -0.39 is 49.6 Å². The molecular weight excluding hydrogens is 451 g/mol. The van der Waals surface area contributed by atoms with Crippen molar-refractivity contribution in [1.82, 2.24) is 9.97 Å². The van der Waals surface area contributed by atoms with Gasteiger partial charge in [0.15, 0.2) is 11.5 Å². The van der Waals surface area contributed by atoms with E-state index in [1.165, 1.54) is 11.4 Å². The summed E-state index contributed by atoms with van der Waals surface area (Å²) in [6.45, 7) is 0. The molecule has 4 N–H and O–H groups in total. The van der Waals surface area contributed by atoms with Gasteiger partial charge in [0.05, 0.1) is 21.0 Å². The Morgan fingerprint density at radius 3 is 2.57 bits per heavy atom. The normalized spacial score (nSPS) is 12.0. The highest BCUT2D eigenvalue weighted by atomic mass is 32.2. The van der Waals surface area contributed by atoms with Gasteiger partial charge in [0.25, 0.3) is 15.6 Å². The van der Waals surface area contributed by atoms with Crippen LogP contribution in [0.2, 0.25) is 0 Å². The molecule has 14 heteroatoms. The predicted molar refractivity (Wildman–Crippen MR) is 99.0 cm³/mol. The molecule has 0 aliphatic carbocycles. The van der Waals surface area contributed by atoms with Crippen LogP contribution in [0.3, 0.4) is 0 Å². The SMILES string of the molecule is O=C(O)c1nc(-c2sccc2NS(=O)(=O)c2cccc(C(F)(F)F)c2)[nH]c(=O)c1O. The van der Waals surface area contributed by atoms with Crippen molar-refractivity contribution < 1.29 is 36.6 Å². The number of carboxylic acid groups (broad SMARTS) is 1. The van der Waals surface area contributed by atoms with Crippen LogP contribution in [0.5, 0.6) is 5.75 Å². The lowest BCUT2D eigenvalue weighted by Gasteiger charge is -2.11. The van der Waals surface area contributed by atoms with Crippen LogP contribution in [-0.2, 0) is 16.2 Å². The number of aromatic carboxylic acids is 1. The summed E-state index contributed by atoms with van der Waals surface area (Å²) in [5.74, 6) is -3.18. The number of carboxylic acids is 1. The Kier molecular flexibility index (Phi) is 5.30. The Bertz CT molecular complexity index is 1300. The van der Waals surface area contributed by atoms with E-state index >= 15 is 0 Å². The summed E-state index contributed by atoms with van der Waals surface area (Å²) in [5.41, 5.74) is -3.44. The summed E-state index contributed by atoms with van der Waals surface area (Å²) < 4.78 is 65.8. The fourth-order valence-corrected chi connectivity index (χ4v) is 4.32. The number of hydrogen-bond donors (Lipinski definition) is 4. The molecule has 0 saturated carbocycles. The van der Waals surface area contributed by atoms with E-state index in [9.17, 15) is 36.3 Å². The van der Waals surface area contributed by atoms with Gasteiger partial charge in [-0.15, -0.1) is 11.3 Å². The number of nitrogens with one attached hydrogen (secondary N) is 2. The smallest absolute Gasteiger partial charge is 0.416 e. The highest BCUT2D eigenvalue weighted by molar-refractivity contribution is 7.92. The number of aromatic hydroxyl groups is 1. The monoisotopic (exact) mass is 461 g/mol. The fourth-order valence-electron chi connectivity index (χ4n) is 2.34. The molecule has 2 heterocycles. The lowest BCUT2D eigenvalue weighted by Crippen LogP contribution is -2.17. The summed E-state index contributed by atoms with van der Waals surface area (Å²) in [7, 11) is -4.47. The van der Waals surface area contributed by atoms with Crippen LogP contribution >= 0.6 is 11.3 Å². The second kappa shape index (κ2) is 7.46. The maximum atomic E-state index is 12.9. The molecule has 9 nitrogen and oxygen atoms in total. The molecule has 1 aromatic carbocycles. The van der Waals surface area contributed by atoms with Gasteiger partial charge in [-0.05, 0) is 29.6 Å². The van der Waals surface area contributed by atoms with E-state index in [0.29, 0.717) is 12.1 Å². The zero-order valence-electron chi connectivity index (χ0n) is 14.4. The first-order chi connectivity index (χ1) is 13.9. The number of rotatable bonds is 5. The maximum absolute atomic E-state index is 12.9. The van der Waals surface area contributed by atoms with Gasteiger partial charge in [-0.25, -0.2) is 18.2 Å². The van der Waals surface area contributed by atoms with Crippen LogP contribution in [0.25, 0.3) is 10.7 Å². The lowest BCUT2D eigenvalue weighted by molar-refractivity contribution is -0.137. The Morgan fingerprint density at radius 2 is 1.93 bits per heavy atom. The number of alkyl halides is 3. The first-order valence-electron chi connectivity index (χ1n) is 7.74. The first kappa shape index (κ1) is 21.3. The quantitative estimate of drug-likeness (QED) is 0.456. The number of thiophene rings is 1. The van der Waals surface area contributed by atoms with E-state index in [2.05, 4.69) is 14.7 Å². The highest BCUT2D eigenvalue weighted by Gasteiger charge is 2.32. The van der Waals surface area contributed by atoms with E-state index in [0.717, 1.165) is 23.5 Å². The Hall–Kier alpha value is -3.39. The van der Waals surface area contributed by atoms with Gasteiger partial charge in [0.2, 0.25) is 5.75 Å². The number of H-pyrrole nitrogens is 1. The summed E-state index contributed by atoms with van der Waals surface area (Å²) in [5, 5.41) is 19.9. The summed E-state index contributed by atoms with van der Waals surface area (Å²) in [6, 6.07) is 4.32. The molecule has 0 saturated heterocycles. The van der Waals surface area contributed by atoms with Crippen LogP contribution in [0.15, 0.2) is 45.4 Å². The van der Waals surface area contributed by atoms with Gasteiger partial charge in [0.1, 0.15) is 0 Å². The molecule has 0 unspecified atom stereocenters. The second-order valence-corrected chi connectivity index (χ2v) is 8.31. The van der Waals surface area contributed by atoms with Crippen molar-refractivity contribution >= 4 is 33.0 Å². The third kappa shape index (κ3) is 4.13. The van der Waals surface area contributed by atoms with Crippen LogP contribution < -0.4 is 10.3 Å². The van der Waals surface area contributed by atoms with Crippen molar-refractivity contribution in [3.05, 3.63) is 57.3 Å². The Labute approximate surface area is 169 Å². The molecule has 3 rings (SSSR count). The molecule has 0 amide bonds. The maximum Gasteiger partial charge on any atom is 0.416 e. The number of benzene rings is 1. The molecule has 2 aromatic heterocycles. The summed E-state index contributed by atoms with van der Waals surface area (Å²) in [6.07, 6.45) is -4.75. The third-order valence-corrected chi connectivity index (χ3v) is 5.98. The fraction of sp³-hybridized carbons (Fsp3) is 0.0625. The minimum Gasteiger partial charge on any atom is -0.501 e. The van der Waals surface area contributed by atoms with Crippen LogP contribution in [-0.4, -0.2) is 34.6 Å². The number of aromatic nitrogens is 2. The Morgan fingerprint density at radius 1 is 1.23 bits per heavy atom. The van der Waals surface area contributed by atoms with Crippen molar-refractivity contribution in [2.24, 2.45) is 0 Å². The average molecular weight is 461 g/mol. The Balaban J connectivity index is 2.03. The topological polar surface area (TPSA) is 149 Å². The summed E-state index contributed by atoms with van der Waals surface area (Å²) in [4.78, 5) is 27.9. The van der Waals surface area contributed by atoms with Crippen molar-refractivity contribution in [3.63, 3.8) is 0 Å². The minimum absolute atomic E-state index is 0.0230. The van der Waals surface area contributed by atoms with Crippen molar-refractivity contribution in [2.75, 3.05) is 4.72 Å². The van der Waals surface area contributed by atoms with Crippen molar-refractivity contribution in [1.29, 1.82) is 0 Å². The molecule has 0 radical (unpaired) electrons. The molecule has 0 atom stereocenters. The van der Waals surface area contributed by atoms with Gasteiger partial charge in [-0.2, -0.15) is 13.2 Å². The highest BCUT2D eigenvalue weighted by Crippen LogP contribution is 2.34. The van der Waals surface area contributed by atoms with Gasteiger partial charge in [-0.1, -0.05) is 6.07 Å². The van der Waals surface area contributed by atoms with Gasteiger partial charge >= 0.3 is 12.1 Å². The molecule has 0 fully saturated rings. The van der Waals surface area contributed by atoms with Crippen molar-refractivity contribution in [3.8, 4) is 16.5 Å². The predicted octanol–water partition coefficient (Wildman–Crippen LogP) is 2.72. The molecular formula is C16H10F3N3O6S2. The van der Waals surface area contributed by atoms with E-state index in [1.807, 2.05) is 0 Å². The third-order valence-electron chi connectivity index (χ3n) is 3.69. The van der Waals surface area contributed by atoms with Crippen molar-refractivity contribution in [2.45, 2.75) is 11.1 Å². The average Bonchev–Trinajstić information content (AvgIpc) is 3.10. The number of nitrogens with zero attached hydrogens (tertiary/aromatic N) is 1. The first-order valence-corrected chi connectivity index (χ1v) is 10.1. The largest absolute Gasteiger partial charge is 0.501 e. The van der Waals surface area contributed by atoms with Gasteiger partial charge in [-0.3, -0.25) is 9.52 Å². The summed E-state index contributed by atoms with van der Waals surface area (Å²) >= 11 is 0.867. The molecule has 0 aliphatic rings. The number of carbonyl (C=O) groups is 1. The number of anilines is 1. The second-order valence-electron chi connectivity index (χ2n) is 5.71. The molecule has 0 bridgehead atoms. The molecule has 3 aromatic rings. The van der Waals surface area contributed by atoms with Crippen LogP contribution in [0.4, 0.5) is 18.9 Å². The van der Waals surface area contributed by atoms with Gasteiger partial charge in [0, 0.05) is 0 Å². The lowest BCUT2D eigenvalue weighted by atomic mass is 10.2. The molecule has 0 aliphatic heterocycles. The molecule has 0 spiro atoms. The van der Waals surface area contributed by atoms with Crippen LogP contribution in [0, 0.1) is 0 Å².